The van der Waals surface area contributed by atoms with Crippen LogP contribution in [0.1, 0.15) is 25.5 Å². The van der Waals surface area contributed by atoms with Crippen LogP contribution in [0, 0.1) is 0 Å². The maximum atomic E-state index is 11.7. The summed E-state index contributed by atoms with van der Waals surface area (Å²) in [6.07, 6.45) is 0. The standard InChI is InChI=1S/C11H15NO3S/c1-8(2)16(13,14)12-10-7-15-11-6-4-3-5-9(10)11/h3-6,8,10,12H,7H2,1-2H3. The van der Waals surface area contributed by atoms with Gasteiger partial charge in [-0.2, -0.15) is 0 Å². The van der Waals surface area contributed by atoms with Gasteiger partial charge in [-0.05, 0) is 19.9 Å². The van der Waals surface area contributed by atoms with Crippen molar-refractivity contribution in [1.29, 1.82) is 0 Å². The molecule has 1 N–H and O–H groups in total. The first-order valence-electron chi connectivity index (χ1n) is 5.23. The second-order valence-corrected chi connectivity index (χ2v) is 6.38. The number of benzene rings is 1. The van der Waals surface area contributed by atoms with Crippen molar-refractivity contribution in [2.45, 2.75) is 25.1 Å². The fourth-order valence-corrected chi connectivity index (χ4v) is 2.46. The molecule has 2 rings (SSSR count). The summed E-state index contributed by atoms with van der Waals surface area (Å²) < 4.78 is 31.5. The lowest BCUT2D eigenvalue weighted by atomic mass is 10.1. The summed E-state index contributed by atoms with van der Waals surface area (Å²) in [5.41, 5.74) is 0.909. The van der Waals surface area contributed by atoms with E-state index in [4.69, 9.17) is 4.74 Å². The highest BCUT2D eigenvalue weighted by atomic mass is 32.2. The van der Waals surface area contributed by atoms with Gasteiger partial charge in [0.15, 0.2) is 0 Å². The fourth-order valence-electron chi connectivity index (χ4n) is 1.59. The molecule has 0 saturated carbocycles. The van der Waals surface area contributed by atoms with Gasteiger partial charge in [-0.1, -0.05) is 18.2 Å². The van der Waals surface area contributed by atoms with Crippen LogP contribution < -0.4 is 9.46 Å². The number of fused-ring (bicyclic) bond motifs is 1. The van der Waals surface area contributed by atoms with Crippen LogP contribution in [0.15, 0.2) is 24.3 Å². The highest BCUT2D eigenvalue weighted by Crippen LogP contribution is 2.32. The van der Waals surface area contributed by atoms with E-state index in [1.807, 2.05) is 24.3 Å². The van der Waals surface area contributed by atoms with Crippen molar-refractivity contribution in [2.75, 3.05) is 6.61 Å². The third kappa shape index (κ3) is 2.05. The van der Waals surface area contributed by atoms with Crippen LogP contribution in [0.25, 0.3) is 0 Å². The van der Waals surface area contributed by atoms with E-state index in [-0.39, 0.29) is 6.04 Å². The zero-order valence-corrected chi connectivity index (χ0v) is 10.1. The van der Waals surface area contributed by atoms with Crippen molar-refractivity contribution in [3.05, 3.63) is 29.8 Å². The maximum absolute atomic E-state index is 11.7. The van der Waals surface area contributed by atoms with Crippen molar-refractivity contribution >= 4 is 10.0 Å². The molecule has 0 amide bonds. The Hall–Kier alpha value is -1.07. The Morgan fingerprint density at radius 1 is 1.38 bits per heavy atom. The van der Waals surface area contributed by atoms with Gasteiger partial charge in [0.1, 0.15) is 12.4 Å². The van der Waals surface area contributed by atoms with E-state index in [1.165, 1.54) is 0 Å². The molecule has 4 nitrogen and oxygen atoms in total. The fraction of sp³-hybridized carbons (Fsp3) is 0.455. The van der Waals surface area contributed by atoms with E-state index in [0.29, 0.717) is 6.61 Å². The summed E-state index contributed by atoms with van der Waals surface area (Å²) in [6, 6.07) is 7.22. The van der Waals surface area contributed by atoms with Crippen molar-refractivity contribution in [1.82, 2.24) is 4.72 Å². The third-order valence-corrected chi connectivity index (χ3v) is 4.48. The zero-order valence-electron chi connectivity index (χ0n) is 9.30. The molecule has 5 heteroatoms. The number of rotatable bonds is 3. The summed E-state index contributed by atoms with van der Waals surface area (Å²) in [5.74, 6) is 0.763. The largest absolute Gasteiger partial charge is 0.491 e. The number of nitrogens with one attached hydrogen (secondary N) is 1. The SMILES string of the molecule is CC(C)S(=O)(=O)NC1COc2ccccc21. The average molecular weight is 241 g/mol. The molecule has 1 aliphatic heterocycles. The Morgan fingerprint density at radius 2 is 2.06 bits per heavy atom. The topological polar surface area (TPSA) is 55.4 Å². The molecule has 0 aromatic heterocycles. The Kier molecular flexibility index (Phi) is 2.90. The molecule has 1 aromatic carbocycles. The first-order chi connectivity index (χ1) is 7.50. The Bertz CT molecular complexity index is 482. The van der Waals surface area contributed by atoms with Gasteiger partial charge in [0.2, 0.25) is 10.0 Å². The van der Waals surface area contributed by atoms with Gasteiger partial charge in [0, 0.05) is 5.56 Å². The molecule has 1 heterocycles. The van der Waals surface area contributed by atoms with Gasteiger partial charge < -0.3 is 4.74 Å². The predicted octanol–water partition coefficient (Wildman–Crippen LogP) is 1.45. The molecule has 0 bridgehead atoms. The van der Waals surface area contributed by atoms with Crippen molar-refractivity contribution in [3.63, 3.8) is 0 Å². The summed E-state index contributed by atoms with van der Waals surface area (Å²) in [7, 11) is -3.25. The Balaban J connectivity index is 2.21. The normalized spacial score (nSPS) is 19.6. The summed E-state index contributed by atoms with van der Waals surface area (Å²) in [6.45, 7) is 3.68. The monoisotopic (exact) mass is 241 g/mol. The maximum Gasteiger partial charge on any atom is 0.214 e. The Labute approximate surface area is 95.7 Å². The molecule has 0 fully saturated rings. The molecular weight excluding hydrogens is 226 g/mol. The van der Waals surface area contributed by atoms with Crippen LogP contribution in [-0.2, 0) is 10.0 Å². The van der Waals surface area contributed by atoms with Gasteiger partial charge in [-0.25, -0.2) is 13.1 Å². The number of sulfonamides is 1. The molecule has 1 aliphatic rings. The zero-order chi connectivity index (χ0) is 11.8. The summed E-state index contributed by atoms with van der Waals surface area (Å²) in [5, 5.41) is -0.430. The number of para-hydroxylation sites is 1. The van der Waals surface area contributed by atoms with Gasteiger partial charge >= 0.3 is 0 Å². The van der Waals surface area contributed by atoms with Crippen LogP contribution in [0.5, 0.6) is 5.75 Å². The molecule has 88 valence electrons. The molecule has 1 atom stereocenters. The highest BCUT2D eigenvalue weighted by Gasteiger charge is 2.28. The molecule has 1 unspecified atom stereocenters. The molecule has 1 aromatic rings. The second-order valence-electron chi connectivity index (χ2n) is 4.11. The minimum Gasteiger partial charge on any atom is -0.491 e. The Morgan fingerprint density at radius 3 is 2.75 bits per heavy atom. The van der Waals surface area contributed by atoms with E-state index < -0.39 is 15.3 Å². The van der Waals surface area contributed by atoms with Crippen LogP contribution in [0.2, 0.25) is 0 Å². The molecule has 0 saturated heterocycles. The lowest BCUT2D eigenvalue weighted by Crippen LogP contribution is -2.34. The molecular formula is C11H15NO3S. The lowest BCUT2D eigenvalue weighted by Gasteiger charge is -2.14. The highest BCUT2D eigenvalue weighted by molar-refractivity contribution is 7.90. The second kappa shape index (κ2) is 4.07. The minimum atomic E-state index is -3.25. The number of hydrogen-bond acceptors (Lipinski definition) is 3. The lowest BCUT2D eigenvalue weighted by molar-refractivity contribution is 0.325. The van der Waals surface area contributed by atoms with Crippen molar-refractivity contribution in [3.8, 4) is 5.75 Å². The first kappa shape index (κ1) is 11.4. The number of ether oxygens (including phenoxy) is 1. The number of hydrogen-bond donors (Lipinski definition) is 1. The van der Waals surface area contributed by atoms with Crippen LogP contribution in [0.3, 0.4) is 0 Å². The molecule has 16 heavy (non-hydrogen) atoms. The van der Waals surface area contributed by atoms with Crippen molar-refractivity contribution in [2.24, 2.45) is 0 Å². The van der Waals surface area contributed by atoms with Gasteiger partial charge in [-0.15, -0.1) is 0 Å². The van der Waals surface area contributed by atoms with Gasteiger partial charge in [0.05, 0.1) is 11.3 Å². The molecule has 0 spiro atoms. The smallest absolute Gasteiger partial charge is 0.214 e. The summed E-state index contributed by atoms with van der Waals surface area (Å²) in [4.78, 5) is 0. The van der Waals surface area contributed by atoms with E-state index >= 15 is 0 Å². The first-order valence-corrected chi connectivity index (χ1v) is 6.78. The minimum absolute atomic E-state index is 0.261. The quantitative estimate of drug-likeness (QED) is 0.871. The molecule has 0 radical (unpaired) electrons. The van der Waals surface area contributed by atoms with Crippen molar-refractivity contribution < 1.29 is 13.2 Å². The predicted molar refractivity (Wildman–Crippen MR) is 61.9 cm³/mol. The summed E-state index contributed by atoms with van der Waals surface area (Å²) >= 11 is 0. The van der Waals surface area contributed by atoms with Gasteiger partial charge in [-0.3, -0.25) is 0 Å². The van der Waals surface area contributed by atoms with E-state index in [2.05, 4.69) is 4.72 Å². The van der Waals surface area contributed by atoms with Crippen LogP contribution >= 0.6 is 0 Å². The van der Waals surface area contributed by atoms with E-state index in [1.54, 1.807) is 13.8 Å². The van der Waals surface area contributed by atoms with Crippen LogP contribution in [0.4, 0.5) is 0 Å². The van der Waals surface area contributed by atoms with Crippen LogP contribution in [-0.4, -0.2) is 20.3 Å². The third-order valence-electron chi connectivity index (χ3n) is 2.63. The van der Waals surface area contributed by atoms with E-state index in [9.17, 15) is 8.42 Å². The average Bonchev–Trinajstić information content (AvgIpc) is 2.61. The van der Waals surface area contributed by atoms with Gasteiger partial charge in [0.25, 0.3) is 0 Å². The molecule has 0 aliphatic carbocycles. The van der Waals surface area contributed by atoms with E-state index in [0.717, 1.165) is 11.3 Å².